The highest BCUT2D eigenvalue weighted by atomic mass is 16.2. The molecule has 1 fully saturated rings. The summed E-state index contributed by atoms with van der Waals surface area (Å²) < 4.78 is 2.02. The lowest BCUT2D eigenvalue weighted by Gasteiger charge is -2.27. The van der Waals surface area contributed by atoms with Crippen LogP contribution in [-0.2, 0) is 13.0 Å². The number of rotatable bonds is 5. The van der Waals surface area contributed by atoms with E-state index in [-0.39, 0.29) is 11.8 Å². The summed E-state index contributed by atoms with van der Waals surface area (Å²) in [7, 11) is 1.83. The summed E-state index contributed by atoms with van der Waals surface area (Å²) in [5.74, 6) is 0.429. The van der Waals surface area contributed by atoms with Crippen molar-refractivity contribution in [1.82, 2.24) is 19.4 Å². The van der Waals surface area contributed by atoms with Gasteiger partial charge in [-0.15, -0.1) is 0 Å². The van der Waals surface area contributed by atoms with Gasteiger partial charge in [0.15, 0.2) is 5.82 Å². The zero-order chi connectivity index (χ0) is 17.8. The molecule has 3 heterocycles. The first-order valence-electron chi connectivity index (χ1n) is 9.77. The molecule has 0 aromatic carbocycles. The van der Waals surface area contributed by atoms with E-state index in [1.54, 1.807) is 4.90 Å². The number of carbonyl (C=O) groups excluding carboxylic acids is 2. The number of imidazole rings is 1. The van der Waals surface area contributed by atoms with Gasteiger partial charge in [-0.1, -0.05) is 13.3 Å². The number of hydrogen-bond acceptors (Lipinski definition) is 3. The monoisotopic (exact) mass is 346 g/mol. The number of hydrogen-bond donors (Lipinski definition) is 0. The van der Waals surface area contributed by atoms with E-state index in [1.165, 1.54) is 6.42 Å². The molecule has 0 saturated carbocycles. The summed E-state index contributed by atoms with van der Waals surface area (Å²) in [4.78, 5) is 34.1. The second-order valence-corrected chi connectivity index (χ2v) is 7.27. The van der Waals surface area contributed by atoms with Crippen molar-refractivity contribution >= 4 is 11.8 Å². The summed E-state index contributed by atoms with van der Waals surface area (Å²) in [6, 6.07) is 0. The largest absolute Gasteiger partial charge is 0.340 e. The molecule has 2 aliphatic heterocycles. The molecule has 6 heteroatoms. The van der Waals surface area contributed by atoms with Gasteiger partial charge in [0.1, 0.15) is 5.69 Å². The van der Waals surface area contributed by atoms with Gasteiger partial charge in [-0.25, -0.2) is 4.98 Å². The molecule has 1 aromatic heterocycles. The molecular formula is C19H30N4O2. The van der Waals surface area contributed by atoms with Crippen LogP contribution in [0.5, 0.6) is 0 Å². The number of carbonyl (C=O) groups is 2. The summed E-state index contributed by atoms with van der Waals surface area (Å²) in [5.41, 5.74) is 1.46. The second-order valence-electron chi connectivity index (χ2n) is 7.27. The van der Waals surface area contributed by atoms with Crippen LogP contribution in [0.1, 0.15) is 78.7 Å². The number of aromatic nitrogens is 2. The van der Waals surface area contributed by atoms with Crippen LogP contribution < -0.4 is 0 Å². The molecule has 138 valence electrons. The molecule has 25 heavy (non-hydrogen) atoms. The topological polar surface area (TPSA) is 58.4 Å². The smallest absolute Gasteiger partial charge is 0.289 e. The Morgan fingerprint density at radius 2 is 1.80 bits per heavy atom. The second kappa shape index (κ2) is 8.02. The first-order chi connectivity index (χ1) is 12.1. The molecule has 3 rings (SSSR count). The predicted molar refractivity (Wildman–Crippen MR) is 96.8 cm³/mol. The van der Waals surface area contributed by atoms with E-state index >= 15 is 0 Å². The first-order valence-corrected chi connectivity index (χ1v) is 9.77. The Balaban J connectivity index is 1.88. The Morgan fingerprint density at radius 1 is 1.08 bits per heavy atom. The quantitative estimate of drug-likeness (QED) is 0.824. The van der Waals surface area contributed by atoms with Crippen LogP contribution in [0.4, 0.5) is 0 Å². The summed E-state index contributed by atoms with van der Waals surface area (Å²) in [6.07, 6.45) is 8.29. The fourth-order valence-corrected chi connectivity index (χ4v) is 3.79. The van der Waals surface area contributed by atoms with E-state index in [1.807, 2.05) is 16.5 Å². The third-order valence-electron chi connectivity index (χ3n) is 5.35. The molecule has 1 saturated heterocycles. The molecule has 1 aromatic rings. The lowest BCUT2D eigenvalue weighted by atomic mass is 10.1. The van der Waals surface area contributed by atoms with Crippen LogP contribution in [0.2, 0.25) is 0 Å². The molecule has 0 N–H and O–H groups in total. The number of likely N-dealkylation sites (tertiary alicyclic amines) is 1. The number of fused-ring (bicyclic) bond motifs is 1. The maximum absolute atomic E-state index is 13.0. The van der Waals surface area contributed by atoms with Gasteiger partial charge in [0.05, 0.1) is 5.69 Å². The lowest BCUT2D eigenvalue weighted by molar-refractivity contribution is 0.0705. The van der Waals surface area contributed by atoms with E-state index in [2.05, 4.69) is 11.9 Å². The highest BCUT2D eigenvalue weighted by molar-refractivity contribution is 5.97. The third kappa shape index (κ3) is 3.72. The SMILES string of the molecule is CCCCN(C)C(=O)c1nc(C(=O)N2CCCCC2)n2c1CCCC2. The molecule has 0 bridgehead atoms. The number of unbranched alkanes of at least 4 members (excludes halogenated alkanes) is 1. The van der Waals surface area contributed by atoms with E-state index in [4.69, 9.17) is 0 Å². The van der Waals surface area contributed by atoms with Crippen molar-refractivity contribution in [3.05, 3.63) is 17.2 Å². The Labute approximate surface area is 150 Å². The molecule has 0 unspecified atom stereocenters. The van der Waals surface area contributed by atoms with Gasteiger partial charge >= 0.3 is 0 Å². The fraction of sp³-hybridized carbons (Fsp3) is 0.737. The molecular weight excluding hydrogens is 316 g/mol. The average Bonchev–Trinajstić information content (AvgIpc) is 3.05. The van der Waals surface area contributed by atoms with Crippen molar-refractivity contribution in [2.45, 2.75) is 64.8 Å². The summed E-state index contributed by atoms with van der Waals surface area (Å²) in [6.45, 7) is 5.26. The molecule has 6 nitrogen and oxygen atoms in total. The molecule has 0 aliphatic carbocycles. The minimum Gasteiger partial charge on any atom is -0.340 e. The van der Waals surface area contributed by atoms with Crippen molar-refractivity contribution in [2.24, 2.45) is 0 Å². The number of nitrogens with zero attached hydrogens (tertiary/aromatic N) is 4. The van der Waals surface area contributed by atoms with Crippen LogP contribution in [0.25, 0.3) is 0 Å². The molecule has 2 amide bonds. The fourth-order valence-electron chi connectivity index (χ4n) is 3.79. The Hall–Kier alpha value is -1.85. The maximum Gasteiger partial charge on any atom is 0.289 e. The van der Waals surface area contributed by atoms with E-state index in [0.717, 1.165) is 76.8 Å². The van der Waals surface area contributed by atoms with Gasteiger partial charge < -0.3 is 14.4 Å². The Morgan fingerprint density at radius 3 is 2.52 bits per heavy atom. The molecule has 2 aliphatic rings. The zero-order valence-electron chi connectivity index (χ0n) is 15.6. The van der Waals surface area contributed by atoms with Crippen LogP contribution in [0, 0.1) is 0 Å². The predicted octanol–water partition coefficient (Wildman–Crippen LogP) is 2.72. The van der Waals surface area contributed by atoms with E-state index in [9.17, 15) is 9.59 Å². The highest BCUT2D eigenvalue weighted by Gasteiger charge is 2.31. The van der Waals surface area contributed by atoms with Crippen LogP contribution in [0.15, 0.2) is 0 Å². The average molecular weight is 346 g/mol. The number of amides is 2. The van der Waals surface area contributed by atoms with Gasteiger partial charge in [0, 0.05) is 33.2 Å². The van der Waals surface area contributed by atoms with Crippen LogP contribution >= 0.6 is 0 Å². The lowest BCUT2D eigenvalue weighted by Crippen LogP contribution is -2.37. The van der Waals surface area contributed by atoms with Crippen molar-refractivity contribution in [3.63, 3.8) is 0 Å². The minimum absolute atomic E-state index is 0.00175. The van der Waals surface area contributed by atoms with Gasteiger partial charge in [-0.05, 0) is 44.9 Å². The number of piperidine rings is 1. The summed E-state index contributed by atoms with van der Waals surface area (Å²) >= 11 is 0. The molecule has 0 spiro atoms. The van der Waals surface area contributed by atoms with Crippen LogP contribution in [-0.4, -0.2) is 57.8 Å². The molecule has 0 radical (unpaired) electrons. The van der Waals surface area contributed by atoms with E-state index < -0.39 is 0 Å². The minimum atomic E-state index is -0.0446. The highest BCUT2D eigenvalue weighted by Crippen LogP contribution is 2.24. The van der Waals surface area contributed by atoms with Gasteiger partial charge in [-0.2, -0.15) is 0 Å². The van der Waals surface area contributed by atoms with Crippen molar-refractivity contribution < 1.29 is 9.59 Å². The first kappa shape index (κ1) is 18.0. The van der Waals surface area contributed by atoms with Gasteiger partial charge in [0.2, 0.25) is 0 Å². The standard InChI is InChI=1S/C19H30N4O2/c1-3-4-11-21(2)18(24)16-15-10-6-9-14-23(15)17(20-16)19(25)22-12-7-5-8-13-22/h3-14H2,1-2H3. The summed E-state index contributed by atoms with van der Waals surface area (Å²) in [5, 5.41) is 0. The van der Waals surface area contributed by atoms with Gasteiger partial charge in [-0.3, -0.25) is 9.59 Å². The van der Waals surface area contributed by atoms with Gasteiger partial charge in [0.25, 0.3) is 11.8 Å². The third-order valence-corrected chi connectivity index (χ3v) is 5.35. The normalized spacial score (nSPS) is 17.3. The Bertz CT molecular complexity index is 632. The zero-order valence-corrected chi connectivity index (χ0v) is 15.6. The van der Waals surface area contributed by atoms with E-state index in [0.29, 0.717) is 11.5 Å². The van der Waals surface area contributed by atoms with Crippen molar-refractivity contribution in [1.29, 1.82) is 0 Å². The van der Waals surface area contributed by atoms with Crippen molar-refractivity contribution in [3.8, 4) is 0 Å². The maximum atomic E-state index is 13.0. The Kier molecular flexibility index (Phi) is 5.76. The van der Waals surface area contributed by atoms with Crippen LogP contribution in [0.3, 0.4) is 0 Å². The van der Waals surface area contributed by atoms with Crippen molar-refractivity contribution in [2.75, 3.05) is 26.7 Å². The molecule has 0 atom stereocenters.